The molecular weight excluding hydrogens is 403 g/mol. The first-order chi connectivity index (χ1) is 14.6. The van der Waals surface area contributed by atoms with Gasteiger partial charge in [-0.3, -0.25) is 4.79 Å². The van der Waals surface area contributed by atoms with Crippen LogP contribution in [0.5, 0.6) is 0 Å². The van der Waals surface area contributed by atoms with Gasteiger partial charge in [0.15, 0.2) is 6.17 Å². The fraction of sp³-hybridized carbons (Fsp3) is 0.609. The third-order valence-corrected chi connectivity index (χ3v) is 6.06. The summed E-state index contributed by atoms with van der Waals surface area (Å²) in [6, 6.07) is 8.83. The number of hydrogen-bond donors (Lipinski definition) is 0. The van der Waals surface area contributed by atoms with Crippen LogP contribution >= 0.6 is 0 Å². The van der Waals surface area contributed by atoms with E-state index in [2.05, 4.69) is 0 Å². The Morgan fingerprint density at radius 2 is 1.81 bits per heavy atom. The molecule has 2 aliphatic heterocycles. The molecule has 0 aliphatic carbocycles. The number of alkyl halides is 1. The van der Waals surface area contributed by atoms with Crippen molar-refractivity contribution in [1.29, 1.82) is 0 Å². The molecule has 2 atom stereocenters. The van der Waals surface area contributed by atoms with Crippen molar-refractivity contribution in [3.63, 3.8) is 0 Å². The summed E-state index contributed by atoms with van der Waals surface area (Å²) in [6.45, 7) is 7.99. The monoisotopic (exact) mass is 434 g/mol. The fourth-order valence-electron chi connectivity index (χ4n) is 4.61. The maximum absolute atomic E-state index is 15.2. The molecule has 0 radical (unpaired) electrons. The summed E-state index contributed by atoms with van der Waals surface area (Å²) < 4.78 is 25.8. The Labute approximate surface area is 182 Å². The summed E-state index contributed by atoms with van der Waals surface area (Å²) >= 11 is 0. The predicted molar refractivity (Wildman–Crippen MR) is 112 cm³/mol. The number of ether oxygens (including phenoxy) is 2. The molecule has 2 aliphatic rings. The highest BCUT2D eigenvalue weighted by atomic mass is 19.1. The molecule has 3 amide bonds. The van der Waals surface area contributed by atoms with Crippen molar-refractivity contribution < 1.29 is 28.2 Å². The van der Waals surface area contributed by atoms with Gasteiger partial charge in [0.25, 0.3) is 5.91 Å². The number of likely N-dealkylation sites (tertiary alicyclic amines) is 1. The van der Waals surface area contributed by atoms with Crippen molar-refractivity contribution in [2.75, 3.05) is 13.1 Å². The molecule has 0 aromatic heterocycles. The van der Waals surface area contributed by atoms with Gasteiger partial charge in [-0.25, -0.2) is 18.9 Å². The van der Waals surface area contributed by atoms with E-state index < -0.39 is 41.8 Å². The first kappa shape index (κ1) is 23.0. The lowest BCUT2D eigenvalue weighted by atomic mass is 9.87. The number of benzene rings is 1. The molecular formula is C23H31FN2O5. The molecule has 0 saturated carbocycles. The van der Waals surface area contributed by atoms with E-state index in [4.69, 9.17) is 9.47 Å². The molecule has 1 aromatic rings. The Morgan fingerprint density at radius 1 is 1.19 bits per heavy atom. The topological polar surface area (TPSA) is 76.2 Å². The summed E-state index contributed by atoms with van der Waals surface area (Å²) in [4.78, 5) is 40.0. The van der Waals surface area contributed by atoms with Gasteiger partial charge in [-0.1, -0.05) is 44.2 Å². The van der Waals surface area contributed by atoms with E-state index in [9.17, 15) is 14.4 Å². The van der Waals surface area contributed by atoms with Crippen LogP contribution in [0, 0.1) is 11.8 Å². The lowest BCUT2D eigenvalue weighted by Gasteiger charge is -2.35. The molecule has 2 heterocycles. The smallest absolute Gasteiger partial charge is 0.417 e. The maximum Gasteiger partial charge on any atom is 0.417 e. The van der Waals surface area contributed by atoms with Crippen LogP contribution in [0.4, 0.5) is 14.0 Å². The lowest BCUT2D eigenvalue weighted by Crippen LogP contribution is -2.52. The first-order valence-corrected chi connectivity index (χ1v) is 10.8. The second-order valence-electron chi connectivity index (χ2n) is 9.13. The zero-order chi connectivity index (χ0) is 22.8. The van der Waals surface area contributed by atoms with Crippen LogP contribution in [0.3, 0.4) is 0 Å². The highest BCUT2D eigenvalue weighted by Gasteiger charge is 2.54. The van der Waals surface area contributed by atoms with Gasteiger partial charge in [0.05, 0.1) is 6.04 Å². The first-order valence-electron chi connectivity index (χ1n) is 10.8. The van der Waals surface area contributed by atoms with Crippen molar-refractivity contribution in [2.24, 2.45) is 11.8 Å². The number of cyclic esters (lactones) is 1. The van der Waals surface area contributed by atoms with Crippen molar-refractivity contribution in [1.82, 2.24) is 9.80 Å². The second-order valence-corrected chi connectivity index (χ2v) is 9.13. The summed E-state index contributed by atoms with van der Waals surface area (Å²) in [5.41, 5.74) is 0.0206. The third kappa shape index (κ3) is 4.99. The molecule has 7 nitrogen and oxygen atoms in total. The SMILES string of the molecule is CC(C)C1N(C(=O)[C@@H](F)C2CCN(C(=O)OCc3ccccc3)CC2)C(=O)OC1(C)C. The van der Waals surface area contributed by atoms with Gasteiger partial charge in [-0.05, 0) is 38.2 Å². The average Bonchev–Trinajstić information content (AvgIpc) is 3.00. The maximum atomic E-state index is 15.2. The van der Waals surface area contributed by atoms with Crippen LogP contribution in [-0.4, -0.2) is 58.8 Å². The summed E-state index contributed by atoms with van der Waals surface area (Å²) in [5, 5.41) is 0. The standard InChI is InChI=1S/C23H31FN2O5/c1-15(2)19-23(3,4)31-22(29)26(19)20(27)18(24)17-10-12-25(13-11-17)21(28)30-14-16-8-6-5-7-9-16/h5-9,15,17-19H,10-14H2,1-4H3/t18-,19?/m0/s1. The molecule has 0 N–H and O–H groups in total. The Kier molecular flexibility index (Phi) is 6.86. The van der Waals surface area contributed by atoms with Gasteiger partial charge >= 0.3 is 12.2 Å². The molecule has 1 unspecified atom stereocenters. The highest BCUT2D eigenvalue weighted by Crippen LogP contribution is 2.36. The Hall–Kier alpha value is -2.64. The number of rotatable bonds is 5. The second kappa shape index (κ2) is 9.24. The number of imide groups is 1. The molecule has 2 saturated heterocycles. The van der Waals surface area contributed by atoms with Gasteiger partial charge in [0.1, 0.15) is 12.2 Å². The minimum absolute atomic E-state index is 0.0705. The van der Waals surface area contributed by atoms with E-state index in [-0.39, 0.29) is 12.5 Å². The molecule has 3 rings (SSSR count). The number of halogens is 1. The normalized spacial score (nSPS) is 22.4. The zero-order valence-corrected chi connectivity index (χ0v) is 18.5. The molecule has 1 aromatic carbocycles. The van der Waals surface area contributed by atoms with Gasteiger partial charge in [-0.15, -0.1) is 0 Å². The van der Waals surface area contributed by atoms with Gasteiger partial charge in [0.2, 0.25) is 0 Å². The van der Waals surface area contributed by atoms with Crippen LogP contribution in [0.1, 0.15) is 46.1 Å². The lowest BCUT2D eigenvalue weighted by molar-refractivity contribution is -0.138. The third-order valence-electron chi connectivity index (χ3n) is 6.06. The minimum Gasteiger partial charge on any atom is -0.445 e. The van der Waals surface area contributed by atoms with Crippen molar-refractivity contribution in [3.8, 4) is 0 Å². The average molecular weight is 435 g/mol. The molecule has 0 spiro atoms. The van der Waals surface area contributed by atoms with Crippen LogP contribution < -0.4 is 0 Å². The molecule has 0 bridgehead atoms. The quantitative estimate of drug-likeness (QED) is 0.696. The van der Waals surface area contributed by atoms with E-state index in [0.717, 1.165) is 10.5 Å². The fourth-order valence-corrected chi connectivity index (χ4v) is 4.61. The van der Waals surface area contributed by atoms with Crippen molar-refractivity contribution >= 4 is 18.1 Å². The zero-order valence-electron chi connectivity index (χ0n) is 18.5. The summed E-state index contributed by atoms with van der Waals surface area (Å²) in [5.74, 6) is -1.48. The largest absolute Gasteiger partial charge is 0.445 e. The Morgan fingerprint density at radius 3 is 2.39 bits per heavy atom. The number of carbonyl (C=O) groups excluding carboxylic acids is 3. The minimum atomic E-state index is -1.81. The molecule has 8 heteroatoms. The van der Waals surface area contributed by atoms with E-state index in [1.807, 2.05) is 44.2 Å². The number of nitrogens with zero attached hydrogens (tertiary/aromatic N) is 2. The van der Waals surface area contributed by atoms with Crippen molar-refractivity contribution in [3.05, 3.63) is 35.9 Å². The number of carbonyl (C=O) groups is 3. The predicted octanol–water partition coefficient (Wildman–Crippen LogP) is 4.16. The van der Waals surface area contributed by atoms with E-state index in [1.165, 1.54) is 4.90 Å². The molecule has 170 valence electrons. The van der Waals surface area contributed by atoms with Crippen molar-refractivity contribution in [2.45, 2.75) is 65.0 Å². The van der Waals surface area contributed by atoms with Crippen LogP contribution in [0.2, 0.25) is 0 Å². The molecule has 31 heavy (non-hydrogen) atoms. The van der Waals surface area contributed by atoms with Crippen LogP contribution in [-0.2, 0) is 20.9 Å². The van der Waals surface area contributed by atoms with Gasteiger partial charge < -0.3 is 14.4 Å². The summed E-state index contributed by atoms with van der Waals surface area (Å²) in [6.07, 6.45) is -2.41. The van der Waals surface area contributed by atoms with E-state index >= 15 is 4.39 Å². The number of amides is 3. The number of piperidine rings is 1. The van der Waals surface area contributed by atoms with Gasteiger partial charge in [-0.2, -0.15) is 0 Å². The highest BCUT2D eigenvalue weighted by molar-refractivity contribution is 5.96. The number of hydrogen-bond acceptors (Lipinski definition) is 5. The molecule has 2 fully saturated rings. The van der Waals surface area contributed by atoms with Crippen LogP contribution in [0.25, 0.3) is 0 Å². The van der Waals surface area contributed by atoms with E-state index in [1.54, 1.807) is 13.8 Å². The van der Waals surface area contributed by atoms with Crippen LogP contribution in [0.15, 0.2) is 30.3 Å². The Bertz CT molecular complexity index is 805. The van der Waals surface area contributed by atoms with E-state index in [0.29, 0.717) is 25.9 Å². The summed E-state index contributed by atoms with van der Waals surface area (Å²) in [7, 11) is 0. The Balaban J connectivity index is 1.54. The van der Waals surface area contributed by atoms with Gasteiger partial charge in [0, 0.05) is 19.0 Å².